The van der Waals surface area contributed by atoms with Gasteiger partial charge in [0.1, 0.15) is 0 Å². The van der Waals surface area contributed by atoms with E-state index in [1.165, 1.54) is 9.13 Å². The van der Waals surface area contributed by atoms with E-state index in [2.05, 4.69) is 0 Å². The highest BCUT2D eigenvalue weighted by molar-refractivity contribution is 6.16. The molecular formula is C54H35N3. The zero-order valence-corrected chi connectivity index (χ0v) is 29.4. The van der Waals surface area contributed by atoms with Crippen molar-refractivity contribution in [3.63, 3.8) is 0 Å². The minimum Gasteiger partial charge on any atom is -0.309 e. The van der Waals surface area contributed by atoms with Crippen molar-refractivity contribution in [2.45, 2.75) is 0 Å². The predicted octanol–water partition coefficient (Wildman–Crippen LogP) is 14.3. The third-order valence-electron chi connectivity index (χ3n) is 10.2. The molecule has 57 heavy (non-hydrogen) atoms. The Balaban J connectivity index is 1.28. The normalized spacial score (nSPS) is 17.0. The first-order valence-corrected chi connectivity index (χ1v) is 17.9. The lowest BCUT2D eigenvalue weighted by molar-refractivity contribution is 1.13. The molecule has 12 rings (SSSR count). The van der Waals surface area contributed by atoms with Crippen molar-refractivity contribution in [2.75, 3.05) is 0 Å². The summed E-state index contributed by atoms with van der Waals surface area (Å²) in [5.74, 6) is 0. The molecule has 3 heteroatoms. The van der Waals surface area contributed by atoms with Crippen LogP contribution in [0.15, 0.2) is 212 Å². The van der Waals surface area contributed by atoms with Gasteiger partial charge >= 0.3 is 0 Å². The van der Waals surface area contributed by atoms with Crippen LogP contribution in [0.4, 0.5) is 0 Å². The third-order valence-corrected chi connectivity index (χ3v) is 10.2. The van der Waals surface area contributed by atoms with E-state index in [1.807, 2.05) is 30.3 Å². The van der Waals surface area contributed by atoms with Gasteiger partial charge in [-0.15, -0.1) is 0 Å². The fraction of sp³-hybridized carbons (Fsp3) is 0. The van der Waals surface area contributed by atoms with Gasteiger partial charge in [-0.25, -0.2) is 0 Å². The maximum Gasteiger partial charge on any atom is 0.0782 e. The second-order valence-electron chi connectivity index (χ2n) is 13.3. The number of nitrogens with zero attached hydrogens (tertiary/aromatic N) is 3. The van der Waals surface area contributed by atoms with E-state index in [4.69, 9.17) is 12.3 Å². The Kier molecular flexibility index (Phi) is 3.81. The van der Waals surface area contributed by atoms with Crippen LogP contribution in [0.1, 0.15) is 28.8 Å². The monoisotopic (exact) mass is 746 g/mol. The predicted molar refractivity (Wildman–Crippen MR) is 240 cm³/mol. The van der Waals surface area contributed by atoms with Crippen molar-refractivity contribution < 1.29 is 28.8 Å². The molecule has 0 amide bonds. The average molecular weight is 747 g/mol. The van der Waals surface area contributed by atoms with E-state index < -0.39 is 166 Å². The van der Waals surface area contributed by atoms with Crippen molar-refractivity contribution in [3.8, 4) is 39.3 Å². The Morgan fingerprint density at radius 3 is 1.54 bits per heavy atom. The van der Waals surface area contributed by atoms with Gasteiger partial charge in [0.25, 0.3) is 0 Å². The largest absolute Gasteiger partial charge is 0.309 e. The summed E-state index contributed by atoms with van der Waals surface area (Å²) in [6.45, 7) is 0. The van der Waals surface area contributed by atoms with Gasteiger partial charge in [-0.1, -0.05) is 145 Å². The molecule has 0 unspecified atom stereocenters. The Bertz CT molecular complexity index is 4720. The van der Waals surface area contributed by atoms with Gasteiger partial charge in [0.15, 0.2) is 0 Å². The molecule has 3 aromatic heterocycles. The SMILES string of the molecule is [2H]c1c([2H])c([2H])c2c(c1[2H])c1c([2H])c([2H])c(-c3c([2H])c([2H])c4c(c3[2H])c3c([2H])c([2H])c([2H])c([2H])c3n4-c3c([2H])c([2H])c([2H])c4c5c([2H])c([2H])c([2H])c([2H])c5n(-c5ccccc5)c34)c([2H])c1n2-c1ccc(-c2ccccc2)cc1. The average Bonchev–Trinajstić information content (AvgIpc) is 3.97. The van der Waals surface area contributed by atoms with Crippen LogP contribution in [0.3, 0.4) is 0 Å². The first-order valence-electron chi connectivity index (χ1n) is 28.4. The Morgan fingerprint density at radius 1 is 0.298 bits per heavy atom. The van der Waals surface area contributed by atoms with Gasteiger partial charge in [-0.2, -0.15) is 0 Å². The van der Waals surface area contributed by atoms with Crippen LogP contribution in [0.5, 0.6) is 0 Å². The molecule has 0 N–H and O–H groups in total. The number of hydrogen-bond acceptors (Lipinski definition) is 0. The lowest BCUT2D eigenvalue weighted by Gasteiger charge is -2.14. The quantitative estimate of drug-likeness (QED) is 0.167. The highest BCUT2D eigenvalue weighted by Crippen LogP contribution is 2.41. The molecule has 9 aromatic carbocycles. The van der Waals surface area contributed by atoms with E-state index in [1.54, 1.807) is 54.6 Å². The van der Waals surface area contributed by atoms with E-state index in [0.29, 0.717) is 0 Å². The lowest BCUT2D eigenvalue weighted by Crippen LogP contribution is -2.00. The molecule has 0 saturated heterocycles. The van der Waals surface area contributed by atoms with Gasteiger partial charge in [-0.05, 0) is 88.8 Å². The molecule has 0 aliphatic rings. The maximum absolute atomic E-state index is 10.1. The molecule has 12 aromatic rings. The zero-order valence-electron chi connectivity index (χ0n) is 50.4. The maximum atomic E-state index is 10.1. The summed E-state index contributed by atoms with van der Waals surface area (Å²) in [6, 6.07) is 9.59. The zero-order chi connectivity index (χ0) is 55.7. The first kappa shape index (κ1) is 17.5. The number of aromatic nitrogens is 3. The number of para-hydroxylation sites is 5. The van der Waals surface area contributed by atoms with Crippen LogP contribution < -0.4 is 0 Å². The second kappa shape index (κ2) is 12.5. The van der Waals surface area contributed by atoms with Crippen molar-refractivity contribution in [2.24, 2.45) is 0 Å². The third kappa shape index (κ3) is 4.79. The molecule has 0 saturated carbocycles. The van der Waals surface area contributed by atoms with E-state index in [0.717, 1.165) is 15.7 Å². The summed E-state index contributed by atoms with van der Waals surface area (Å²) in [7, 11) is 0. The summed E-state index contributed by atoms with van der Waals surface area (Å²) in [6.07, 6.45) is 0. The number of rotatable bonds is 5. The van der Waals surface area contributed by atoms with Crippen LogP contribution in [0.2, 0.25) is 0 Å². The lowest BCUT2D eigenvalue weighted by atomic mass is 10.0. The first-order chi connectivity index (χ1) is 37.1. The van der Waals surface area contributed by atoms with E-state index >= 15 is 0 Å². The number of benzene rings is 9. The Hall–Kier alpha value is -7.62. The van der Waals surface area contributed by atoms with Crippen molar-refractivity contribution >= 4 is 65.4 Å². The molecule has 0 bridgehead atoms. The van der Waals surface area contributed by atoms with Crippen LogP contribution in [0, 0.1) is 0 Å². The Morgan fingerprint density at radius 2 is 0.807 bits per heavy atom. The van der Waals surface area contributed by atoms with Gasteiger partial charge in [0.05, 0.1) is 67.6 Å². The molecule has 3 nitrogen and oxygen atoms in total. The van der Waals surface area contributed by atoms with Gasteiger partial charge in [0, 0.05) is 43.7 Å². The highest BCUT2D eigenvalue weighted by Gasteiger charge is 2.21. The van der Waals surface area contributed by atoms with Crippen LogP contribution in [0.25, 0.3) is 105 Å². The van der Waals surface area contributed by atoms with Crippen LogP contribution in [-0.2, 0) is 0 Å². The number of fused-ring (bicyclic) bond motifs is 9. The molecule has 0 aliphatic heterocycles. The summed E-state index contributed by atoms with van der Waals surface area (Å²) in [5, 5.41) is -1.75. The molecule has 0 spiro atoms. The summed E-state index contributed by atoms with van der Waals surface area (Å²) < 4.78 is 199. The summed E-state index contributed by atoms with van der Waals surface area (Å²) in [5.41, 5.74) is -1.19. The molecule has 0 aliphatic carbocycles. The van der Waals surface area contributed by atoms with Crippen molar-refractivity contribution in [1.82, 2.24) is 13.7 Å². The van der Waals surface area contributed by atoms with E-state index in [9.17, 15) is 16.4 Å². The van der Waals surface area contributed by atoms with Crippen molar-refractivity contribution in [1.29, 1.82) is 0 Å². The van der Waals surface area contributed by atoms with Gasteiger partial charge in [-0.3, -0.25) is 0 Å². The molecule has 0 radical (unpaired) electrons. The second-order valence-corrected chi connectivity index (χ2v) is 13.3. The van der Waals surface area contributed by atoms with Gasteiger partial charge < -0.3 is 13.7 Å². The standard InChI is InChI=1S/C54H35N3/c1-3-14-36(15-4-1)37-26-30-41(31-27-37)55-48-22-10-7-18-42(48)45-32-28-39(35-53(45)55)38-29-33-51-47(34-38)44-20-9-12-24-50(44)57(51)52-25-13-21-46-43-19-8-11-23-49(43)56(54(46)52)40-16-5-2-6-17-40/h1-35H/i7D,8D,9D,10D,11D,12D,13D,18D,19D,20D,21D,22D,23D,24D,25D,28D,29D,32D,33D,34D,35D. The fourth-order valence-electron chi connectivity index (χ4n) is 7.74. The van der Waals surface area contributed by atoms with E-state index in [-0.39, 0.29) is 55.0 Å². The molecular weight excluding hydrogens is 691 g/mol. The molecule has 0 fully saturated rings. The fourth-order valence-corrected chi connectivity index (χ4v) is 7.74. The summed E-state index contributed by atoms with van der Waals surface area (Å²) >= 11 is 0. The Labute approximate surface area is 359 Å². The van der Waals surface area contributed by atoms with Crippen LogP contribution >= 0.6 is 0 Å². The topological polar surface area (TPSA) is 14.8 Å². The summed E-state index contributed by atoms with van der Waals surface area (Å²) in [4.78, 5) is 0. The number of hydrogen-bond donors (Lipinski definition) is 0. The van der Waals surface area contributed by atoms with Crippen LogP contribution in [-0.4, -0.2) is 13.7 Å². The highest BCUT2D eigenvalue weighted by atomic mass is 15.1. The molecule has 266 valence electrons. The molecule has 3 heterocycles. The smallest absolute Gasteiger partial charge is 0.0782 e. The van der Waals surface area contributed by atoms with Gasteiger partial charge in [0.2, 0.25) is 0 Å². The minimum absolute atomic E-state index is 0.138. The van der Waals surface area contributed by atoms with Crippen molar-refractivity contribution in [3.05, 3.63) is 212 Å². The minimum atomic E-state index is -0.860. The molecule has 0 atom stereocenters.